The molecule has 2 N–H and O–H groups in total. The maximum atomic E-state index is 12.8. The predicted octanol–water partition coefficient (Wildman–Crippen LogP) is 2.38. The first-order valence-electron chi connectivity index (χ1n) is 10.4. The van der Waals surface area contributed by atoms with Crippen molar-refractivity contribution in [2.24, 2.45) is 0 Å². The van der Waals surface area contributed by atoms with Gasteiger partial charge in [-0.25, -0.2) is 4.98 Å². The van der Waals surface area contributed by atoms with Crippen molar-refractivity contribution in [3.8, 4) is 10.4 Å². The highest BCUT2D eigenvalue weighted by Gasteiger charge is 2.23. The second-order valence-electron chi connectivity index (χ2n) is 7.64. The van der Waals surface area contributed by atoms with E-state index >= 15 is 0 Å². The fourth-order valence-electron chi connectivity index (χ4n) is 3.81. The normalized spacial score (nSPS) is 14.6. The Balaban J connectivity index is 1.17. The number of aromatic nitrogens is 2. The van der Waals surface area contributed by atoms with E-state index in [1.54, 1.807) is 28.4 Å². The Labute approximate surface area is 196 Å². The van der Waals surface area contributed by atoms with Crippen LogP contribution in [0.4, 0.5) is 0 Å². The van der Waals surface area contributed by atoms with Crippen molar-refractivity contribution in [3.05, 3.63) is 63.2 Å². The standard InChI is InChI=1S/C22H21N5O4S2/c28-18(11-23-20(29)15-3-1-9-31-15)27-7-5-26(6-8-27)12-17-24-21(30)19-14(13-33-22(19)25-17)16-4-2-10-32-16/h1-4,9-10,13H,5-8,11-12H2,(H,23,29)(H,24,25,30). The number of furan rings is 1. The minimum absolute atomic E-state index is 0.0734. The first-order chi connectivity index (χ1) is 16.1. The smallest absolute Gasteiger partial charge is 0.287 e. The zero-order valence-electron chi connectivity index (χ0n) is 17.6. The number of piperazine rings is 1. The predicted molar refractivity (Wildman–Crippen MR) is 126 cm³/mol. The van der Waals surface area contributed by atoms with Gasteiger partial charge in [0.15, 0.2) is 5.76 Å². The molecule has 1 aliphatic heterocycles. The molecule has 2 amide bonds. The molecule has 33 heavy (non-hydrogen) atoms. The molecule has 1 fully saturated rings. The van der Waals surface area contributed by atoms with Gasteiger partial charge in [0.25, 0.3) is 11.5 Å². The molecule has 0 radical (unpaired) electrons. The van der Waals surface area contributed by atoms with Gasteiger partial charge in [0.2, 0.25) is 5.91 Å². The summed E-state index contributed by atoms with van der Waals surface area (Å²) in [6, 6.07) is 7.14. The molecule has 1 aliphatic rings. The lowest BCUT2D eigenvalue weighted by Gasteiger charge is -2.34. The van der Waals surface area contributed by atoms with Crippen LogP contribution < -0.4 is 10.9 Å². The number of carbonyl (C=O) groups is 2. The summed E-state index contributed by atoms with van der Waals surface area (Å²) >= 11 is 3.08. The summed E-state index contributed by atoms with van der Waals surface area (Å²) in [7, 11) is 0. The molecule has 4 aromatic heterocycles. The first-order valence-corrected chi connectivity index (χ1v) is 12.2. The van der Waals surface area contributed by atoms with Crippen molar-refractivity contribution in [2.45, 2.75) is 6.54 Å². The maximum absolute atomic E-state index is 12.8. The third-order valence-corrected chi connectivity index (χ3v) is 7.30. The quantitative estimate of drug-likeness (QED) is 0.436. The summed E-state index contributed by atoms with van der Waals surface area (Å²) in [6.45, 7) is 2.84. The molecule has 4 aromatic rings. The van der Waals surface area contributed by atoms with E-state index in [0.717, 1.165) is 15.3 Å². The van der Waals surface area contributed by atoms with Gasteiger partial charge in [-0.3, -0.25) is 19.3 Å². The van der Waals surface area contributed by atoms with Crippen LogP contribution in [0.1, 0.15) is 16.4 Å². The van der Waals surface area contributed by atoms with Crippen molar-refractivity contribution in [1.29, 1.82) is 0 Å². The zero-order chi connectivity index (χ0) is 22.8. The Morgan fingerprint density at radius 3 is 2.73 bits per heavy atom. The Bertz CT molecular complexity index is 1320. The average molecular weight is 484 g/mol. The summed E-state index contributed by atoms with van der Waals surface area (Å²) in [5.74, 6) is 0.257. The molecule has 0 saturated carbocycles. The molecular formula is C22H21N5O4S2. The van der Waals surface area contributed by atoms with Gasteiger partial charge in [-0.1, -0.05) is 6.07 Å². The molecule has 0 aliphatic carbocycles. The molecule has 170 valence electrons. The van der Waals surface area contributed by atoms with Crippen LogP contribution in [0.5, 0.6) is 0 Å². The SMILES string of the molecule is O=C(NCC(=O)N1CCN(Cc2nc3scc(-c4cccs4)c3c(=O)[nH]2)CC1)c1ccco1. The Kier molecular flexibility index (Phi) is 6.07. The van der Waals surface area contributed by atoms with E-state index in [9.17, 15) is 14.4 Å². The number of aromatic amines is 1. The van der Waals surface area contributed by atoms with Crippen LogP contribution in [-0.4, -0.2) is 64.3 Å². The maximum Gasteiger partial charge on any atom is 0.287 e. The van der Waals surface area contributed by atoms with E-state index in [-0.39, 0.29) is 23.8 Å². The number of H-pyrrole nitrogens is 1. The summed E-state index contributed by atoms with van der Waals surface area (Å²) in [5, 5.41) is 7.20. The molecule has 5 rings (SSSR count). The average Bonchev–Trinajstić information content (AvgIpc) is 3.59. The molecule has 0 aromatic carbocycles. The molecule has 0 atom stereocenters. The van der Waals surface area contributed by atoms with Crippen LogP contribution in [0.25, 0.3) is 20.7 Å². The summed E-state index contributed by atoms with van der Waals surface area (Å²) in [4.78, 5) is 50.4. The Morgan fingerprint density at radius 1 is 1.15 bits per heavy atom. The van der Waals surface area contributed by atoms with E-state index in [1.807, 2.05) is 22.9 Å². The number of thiophene rings is 2. The number of hydrogen-bond donors (Lipinski definition) is 2. The highest BCUT2D eigenvalue weighted by molar-refractivity contribution is 7.18. The molecule has 9 nitrogen and oxygen atoms in total. The molecule has 0 bridgehead atoms. The minimum Gasteiger partial charge on any atom is -0.459 e. The number of fused-ring (bicyclic) bond motifs is 1. The second kappa shape index (κ2) is 9.30. The molecular weight excluding hydrogens is 462 g/mol. The highest BCUT2D eigenvalue weighted by atomic mass is 32.1. The molecule has 0 spiro atoms. The van der Waals surface area contributed by atoms with Crippen molar-refractivity contribution in [2.75, 3.05) is 32.7 Å². The first kappa shape index (κ1) is 21.6. The molecule has 5 heterocycles. The van der Waals surface area contributed by atoms with E-state index < -0.39 is 5.91 Å². The van der Waals surface area contributed by atoms with Crippen molar-refractivity contribution >= 4 is 44.7 Å². The molecule has 0 unspecified atom stereocenters. The lowest BCUT2D eigenvalue weighted by molar-refractivity contribution is -0.131. The summed E-state index contributed by atoms with van der Waals surface area (Å²) < 4.78 is 5.03. The van der Waals surface area contributed by atoms with Crippen LogP contribution >= 0.6 is 22.7 Å². The van der Waals surface area contributed by atoms with Crippen LogP contribution in [0.3, 0.4) is 0 Å². The van der Waals surface area contributed by atoms with Crippen LogP contribution in [0.15, 0.2) is 50.5 Å². The van der Waals surface area contributed by atoms with Gasteiger partial charge in [0, 0.05) is 42.0 Å². The fraction of sp³-hybridized carbons (Fsp3) is 0.273. The van der Waals surface area contributed by atoms with Gasteiger partial charge in [-0.05, 0) is 23.6 Å². The van der Waals surface area contributed by atoms with E-state index in [2.05, 4.69) is 20.2 Å². The van der Waals surface area contributed by atoms with E-state index in [0.29, 0.717) is 43.9 Å². The summed E-state index contributed by atoms with van der Waals surface area (Å²) in [6.07, 6.45) is 1.41. The fourth-order valence-corrected chi connectivity index (χ4v) is 5.59. The monoisotopic (exact) mass is 483 g/mol. The summed E-state index contributed by atoms with van der Waals surface area (Å²) in [5.41, 5.74) is 0.803. The number of amides is 2. The van der Waals surface area contributed by atoms with Gasteiger partial charge in [-0.2, -0.15) is 0 Å². The van der Waals surface area contributed by atoms with Gasteiger partial charge in [0.1, 0.15) is 10.7 Å². The van der Waals surface area contributed by atoms with Crippen molar-refractivity contribution in [3.63, 3.8) is 0 Å². The molecule has 1 saturated heterocycles. The van der Waals surface area contributed by atoms with Gasteiger partial charge >= 0.3 is 0 Å². The number of nitrogens with zero attached hydrogens (tertiary/aromatic N) is 3. The van der Waals surface area contributed by atoms with E-state index in [4.69, 9.17) is 4.42 Å². The minimum atomic E-state index is -0.409. The van der Waals surface area contributed by atoms with E-state index in [1.165, 1.54) is 17.6 Å². The van der Waals surface area contributed by atoms with Crippen LogP contribution in [-0.2, 0) is 11.3 Å². The Hall–Kier alpha value is -3.28. The van der Waals surface area contributed by atoms with Gasteiger partial charge in [0.05, 0.1) is 24.7 Å². The zero-order valence-corrected chi connectivity index (χ0v) is 19.2. The van der Waals surface area contributed by atoms with Crippen molar-refractivity contribution < 1.29 is 14.0 Å². The van der Waals surface area contributed by atoms with Gasteiger partial charge < -0.3 is 19.6 Å². The second-order valence-corrected chi connectivity index (χ2v) is 9.44. The van der Waals surface area contributed by atoms with Crippen LogP contribution in [0.2, 0.25) is 0 Å². The largest absolute Gasteiger partial charge is 0.459 e. The number of rotatable bonds is 6. The lowest BCUT2D eigenvalue weighted by atomic mass is 10.2. The van der Waals surface area contributed by atoms with Crippen molar-refractivity contribution in [1.82, 2.24) is 25.1 Å². The number of carbonyl (C=O) groups excluding carboxylic acids is 2. The third kappa shape index (κ3) is 4.61. The molecule has 11 heteroatoms. The number of nitrogens with one attached hydrogen (secondary N) is 2. The number of hydrogen-bond acceptors (Lipinski definition) is 8. The van der Waals surface area contributed by atoms with Gasteiger partial charge in [-0.15, -0.1) is 22.7 Å². The topological polar surface area (TPSA) is 112 Å². The highest BCUT2D eigenvalue weighted by Crippen LogP contribution is 2.33. The third-order valence-electron chi connectivity index (χ3n) is 5.52. The lowest BCUT2D eigenvalue weighted by Crippen LogP contribution is -2.51. The Morgan fingerprint density at radius 2 is 2.00 bits per heavy atom. The van der Waals surface area contributed by atoms with Crippen LogP contribution in [0, 0.1) is 0 Å².